The smallest absolute Gasteiger partial charge is 0.333 e. The zero-order valence-corrected chi connectivity index (χ0v) is 17.2. The van der Waals surface area contributed by atoms with Gasteiger partial charge in [-0.15, -0.1) is 0 Å². The van der Waals surface area contributed by atoms with Crippen LogP contribution >= 0.6 is 0 Å². The molecular weight excluding hydrogens is 348 g/mol. The molecule has 0 N–H and O–H groups in total. The zero-order chi connectivity index (χ0) is 20.5. The minimum atomic E-state index is -0.605. The fraction of sp³-hybridized carbons (Fsp3) is 0.762. The van der Waals surface area contributed by atoms with Crippen molar-refractivity contribution in [1.29, 1.82) is 0 Å². The van der Waals surface area contributed by atoms with Gasteiger partial charge in [-0.25, -0.2) is 4.79 Å². The average molecular weight is 385 g/mol. The van der Waals surface area contributed by atoms with Crippen molar-refractivity contribution >= 4 is 17.9 Å². The second kappa shape index (κ2) is 16.3. The molecule has 0 aliphatic carbocycles. The van der Waals surface area contributed by atoms with Gasteiger partial charge in [0.2, 0.25) is 0 Å². The number of carbonyl (C=O) groups excluding carboxylic acids is 3. The first-order valence-electron chi connectivity index (χ1n) is 10.1. The van der Waals surface area contributed by atoms with Crippen LogP contribution in [0.15, 0.2) is 12.2 Å². The molecule has 6 nitrogen and oxygen atoms in total. The van der Waals surface area contributed by atoms with Crippen molar-refractivity contribution in [2.75, 3.05) is 19.8 Å². The molecule has 0 bridgehead atoms. The van der Waals surface area contributed by atoms with Crippen molar-refractivity contribution in [3.63, 3.8) is 0 Å². The lowest BCUT2D eigenvalue weighted by Crippen LogP contribution is -2.22. The van der Waals surface area contributed by atoms with Crippen molar-refractivity contribution in [1.82, 2.24) is 0 Å². The molecule has 0 aromatic rings. The highest BCUT2D eigenvalue weighted by Crippen LogP contribution is 2.20. The summed E-state index contributed by atoms with van der Waals surface area (Å²) in [7, 11) is 0. The highest BCUT2D eigenvalue weighted by Gasteiger charge is 2.25. The number of carbonyl (C=O) groups is 3. The van der Waals surface area contributed by atoms with Gasteiger partial charge in [0.05, 0.1) is 25.7 Å². The molecule has 27 heavy (non-hydrogen) atoms. The molecule has 0 amide bonds. The van der Waals surface area contributed by atoms with Gasteiger partial charge in [0.25, 0.3) is 0 Å². The molecule has 0 heterocycles. The third-order valence-electron chi connectivity index (χ3n) is 4.05. The Morgan fingerprint density at radius 2 is 1.33 bits per heavy atom. The van der Waals surface area contributed by atoms with Crippen LogP contribution in [0.5, 0.6) is 0 Å². The first-order valence-corrected chi connectivity index (χ1v) is 10.1. The molecule has 1 unspecified atom stereocenters. The third-order valence-corrected chi connectivity index (χ3v) is 4.05. The topological polar surface area (TPSA) is 78.9 Å². The van der Waals surface area contributed by atoms with Crippen LogP contribution in [-0.2, 0) is 28.6 Å². The number of rotatable bonds is 16. The summed E-state index contributed by atoms with van der Waals surface area (Å²) >= 11 is 0. The van der Waals surface area contributed by atoms with Gasteiger partial charge in [-0.2, -0.15) is 0 Å². The third kappa shape index (κ3) is 13.0. The quantitative estimate of drug-likeness (QED) is 0.170. The largest absolute Gasteiger partial charge is 0.466 e. The van der Waals surface area contributed by atoms with E-state index in [2.05, 4.69) is 6.58 Å². The minimum Gasteiger partial charge on any atom is -0.466 e. The normalized spacial score (nSPS) is 11.5. The van der Waals surface area contributed by atoms with E-state index in [1.165, 1.54) is 0 Å². The monoisotopic (exact) mass is 384 g/mol. The Morgan fingerprint density at radius 3 is 1.89 bits per heavy atom. The number of ether oxygens (including phenoxy) is 3. The lowest BCUT2D eigenvalue weighted by atomic mass is 9.95. The molecule has 0 aliphatic heterocycles. The minimum absolute atomic E-state index is 0.107. The standard InChI is InChI=1S/C21H36O6/c1-5-8-13-25-19(22)12-11-18(21(24)27-15-10-7-3)16-17(4)20(23)26-14-9-6-2/h18H,4-16H2,1-3H3. The summed E-state index contributed by atoms with van der Waals surface area (Å²) in [6, 6.07) is 0. The van der Waals surface area contributed by atoms with Gasteiger partial charge in [0.1, 0.15) is 0 Å². The maximum Gasteiger partial charge on any atom is 0.333 e. The average Bonchev–Trinajstić information content (AvgIpc) is 2.65. The van der Waals surface area contributed by atoms with Gasteiger partial charge in [-0.3, -0.25) is 9.59 Å². The van der Waals surface area contributed by atoms with Crippen LogP contribution in [0, 0.1) is 5.92 Å². The van der Waals surface area contributed by atoms with Crippen LogP contribution in [-0.4, -0.2) is 37.7 Å². The summed E-state index contributed by atoms with van der Waals surface area (Å²) in [5, 5.41) is 0. The van der Waals surface area contributed by atoms with E-state index in [-0.39, 0.29) is 30.8 Å². The van der Waals surface area contributed by atoms with Gasteiger partial charge < -0.3 is 14.2 Å². The van der Waals surface area contributed by atoms with Gasteiger partial charge in [-0.1, -0.05) is 46.6 Å². The van der Waals surface area contributed by atoms with E-state index in [1.807, 2.05) is 20.8 Å². The maximum absolute atomic E-state index is 12.3. The van der Waals surface area contributed by atoms with Gasteiger partial charge >= 0.3 is 17.9 Å². The predicted molar refractivity (Wildman–Crippen MR) is 104 cm³/mol. The van der Waals surface area contributed by atoms with Crippen LogP contribution in [0.25, 0.3) is 0 Å². The molecule has 1 atom stereocenters. The summed E-state index contributed by atoms with van der Waals surface area (Å²) < 4.78 is 15.5. The second-order valence-corrected chi connectivity index (χ2v) is 6.63. The van der Waals surface area contributed by atoms with Crippen molar-refractivity contribution in [2.24, 2.45) is 5.92 Å². The first kappa shape index (κ1) is 25.1. The van der Waals surface area contributed by atoms with Crippen molar-refractivity contribution < 1.29 is 28.6 Å². The Kier molecular flexibility index (Phi) is 15.2. The molecule has 0 aromatic carbocycles. The molecule has 6 heteroatoms. The van der Waals surface area contributed by atoms with E-state index in [0.717, 1.165) is 38.5 Å². The van der Waals surface area contributed by atoms with Crippen molar-refractivity contribution in [2.45, 2.75) is 78.6 Å². The van der Waals surface area contributed by atoms with Gasteiger partial charge in [0, 0.05) is 12.0 Å². The number of hydrogen-bond acceptors (Lipinski definition) is 6. The molecule has 0 saturated carbocycles. The SMILES string of the molecule is C=C(CC(CCC(=O)OCCCC)C(=O)OCCCC)C(=O)OCCCC. The molecule has 0 fully saturated rings. The summed E-state index contributed by atoms with van der Waals surface area (Å²) in [4.78, 5) is 36.1. The van der Waals surface area contributed by atoms with E-state index < -0.39 is 17.9 Å². The molecule has 156 valence electrons. The summed E-state index contributed by atoms with van der Waals surface area (Å²) in [6.07, 6.45) is 5.64. The molecule has 0 saturated heterocycles. The molecule has 0 spiro atoms. The van der Waals surface area contributed by atoms with Gasteiger partial charge in [-0.05, 0) is 32.1 Å². The number of unbranched alkanes of at least 4 members (excludes halogenated alkanes) is 3. The number of hydrogen-bond donors (Lipinski definition) is 0. The lowest BCUT2D eigenvalue weighted by molar-refractivity contribution is -0.150. The molecule has 0 aromatic heterocycles. The highest BCUT2D eigenvalue weighted by molar-refractivity contribution is 5.88. The Labute approximate surface area is 163 Å². The first-order chi connectivity index (χ1) is 13.0. The summed E-state index contributed by atoms with van der Waals surface area (Å²) in [6.45, 7) is 10.8. The van der Waals surface area contributed by atoms with E-state index >= 15 is 0 Å². The summed E-state index contributed by atoms with van der Waals surface area (Å²) in [5.41, 5.74) is 0.225. The van der Waals surface area contributed by atoms with Crippen LogP contribution < -0.4 is 0 Å². The van der Waals surface area contributed by atoms with Crippen LogP contribution in [0.4, 0.5) is 0 Å². The number of esters is 3. The summed E-state index contributed by atoms with van der Waals surface area (Å²) in [5.74, 6) is -1.86. The van der Waals surface area contributed by atoms with Crippen molar-refractivity contribution in [3.05, 3.63) is 12.2 Å². The van der Waals surface area contributed by atoms with Gasteiger partial charge in [0.15, 0.2) is 0 Å². The Bertz CT molecular complexity index is 458. The molecule has 0 rings (SSSR count). The predicted octanol–water partition coefficient (Wildman–Crippen LogP) is 4.36. The van der Waals surface area contributed by atoms with E-state index in [1.54, 1.807) is 0 Å². The fourth-order valence-electron chi connectivity index (χ4n) is 2.22. The van der Waals surface area contributed by atoms with Crippen molar-refractivity contribution in [3.8, 4) is 0 Å². The van der Waals surface area contributed by atoms with E-state index in [9.17, 15) is 14.4 Å². The Morgan fingerprint density at radius 1 is 0.815 bits per heavy atom. The van der Waals surface area contributed by atoms with E-state index in [4.69, 9.17) is 14.2 Å². The Balaban J connectivity index is 4.62. The Hall–Kier alpha value is -1.85. The highest BCUT2D eigenvalue weighted by atomic mass is 16.5. The second-order valence-electron chi connectivity index (χ2n) is 6.63. The molecular formula is C21H36O6. The van der Waals surface area contributed by atoms with Crippen LogP contribution in [0.1, 0.15) is 78.6 Å². The van der Waals surface area contributed by atoms with Crippen LogP contribution in [0.3, 0.4) is 0 Å². The van der Waals surface area contributed by atoms with Crippen LogP contribution in [0.2, 0.25) is 0 Å². The maximum atomic E-state index is 12.3. The lowest BCUT2D eigenvalue weighted by Gasteiger charge is -2.17. The molecule has 0 radical (unpaired) electrons. The molecule has 0 aliphatic rings. The van der Waals surface area contributed by atoms with E-state index in [0.29, 0.717) is 19.8 Å². The fourth-order valence-corrected chi connectivity index (χ4v) is 2.22. The zero-order valence-electron chi connectivity index (χ0n) is 17.2.